The highest BCUT2D eigenvalue weighted by Gasteiger charge is 2.30. The fourth-order valence-electron chi connectivity index (χ4n) is 3.25. The lowest BCUT2D eigenvalue weighted by Gasteiger charge is -2.27. The molecule has 152 valence electrons. The zero-order chi connectivity index (χ0) is 21.8. The number of phenolic OH excluding ortho intramolecular Hbond substituents is 1. The van der Waals surface area contributed by atoms with Gasteiger partial charge >= 0.3 is 0 Å². The normalized spacial score (nSPS) is 14.4. The lowest BCUT2D eigenvalue weighted by Crippen LogP contribution is -2.32. The number of nitrogen functional groups attached to an aromatic ring is 2. The maximum Gasteiger partial charge on any atom is 0.211 e. The molecule has 1 unspecified atom stereocenters. The Morgan fingerprint density at radius 2 is 2.17 bits per heavy atom. The molecular weight excluding hydrogens is 384 g/mol. The third kappa shape index (κ3) is 3.50. The second-order valence-corrected chi connectivity index (χ2v) is 6.35. The summed E-state index contributed by atoms with van der Waals surface area (Å²) in [5.41, 5.74) is 13.9. The number of nitrogens with two attached hydrogens (primary N) is 2. The molecular formula is C20H20N8O2. The van der Waals surface area contributed by atoms with Crippen molar-refractivity contribution in [2.24, 2.45) is 4.99 Å². The Balaban J connectivity index is 2.28. The van der Waals surface area contributed by atoms with Gasteiger partial charge in [0.2, 0.25) is 5.96 Å². The summed E-state index contributed by atoms with van der Waals surface area (Å²) in [5.74, 6) is 0.668. The number of benzene rings is 1. The van der Waals surface area contributed by atoms with Crippen molar-refractivity contribution >= 4 is 23.3 Å². The van der Waals surface area contributed by atoms with E-state index in [0.717, 1.165) is 0 Å². The Morgan fingerprint density at radius 3 is 2.80 bits per heavy atom. The third-order valence-electron chi connectivity index (χ3n) is 4.51. The number of rotatable bonds is 5. The molecule has 0 saturated carbocycles. The largest absolute Gasteiger partial charge is 0.504 e. The lowest BCUT2D eigenvalue weighted by atomic mass is 9.93. The van der Waals surface area contributed by atoms with Crippen molar-refractivity contribution in [3.63, 3.8) is 0 Å². The predicted molar refractivity (Wildman–Crippen MR) is 113 cm³/mol. The van der Waals surface area contributed by atoms with E-state index in [1.54, 1.807) is 31.3 Å². The number of anilines is 3. The Morgan fingerprint density at radius 1 is 1.40 bits per heavy atom. The molecule has 3 rings (SSSR count). The van der Waals surface area contributed by atoms with Crippen molar-refractivity contribution in [3.8, 4) is 23.8 Å². The number of aromatic hydroxyl groups is 1. The van der Waals surface area contributed by atoms with Gasteiger partial charge in [-0.15, -0.1) is 6.58 Å². The van der Waals surface area contributed by atoms with Crippen LogP contribution in [0.1, 0.15) is 35.2 Å². The van der Waals surface area contributed by atoms with Crippen LogP contribution in [0.5, 0.6) is 11.5 Å². The van der Waals surface area contributed by atoms with Gasteiger partial charge in [0.05, 0.1) is 12.3 Å². The highest BCUT2D eigenvalue weighted by atomic mass is 16.5. The quantitative estimate of drug-likeness (QED) is 0.282. The first-order valence-electron chi connectivity index (χ1n) is 9.03. The van der Waals surface area contributed by atoms with E-state index in [2.05, 4.69) is 27.2 Å². The Bertz CT molecular complexity index is 1130. The standard InChI is InChI=1S/C20H20N8O2/c1-3-5-10-6-11(7-13(17(10)29)30-4-2)16-14-15(23)12(8-21)18(24)27-19(14)28-20(26-16)25-9-22/h3,6-7,16,29H,1,4-5H2,2H3,(H6,23,24,25,26,27,28). The Kier molecular flexibility index (Phi) is 5.61. The highest BCUT2D eigenvalue weighted by Crippen LogP contribution is 2.43. The number of hydrogen-bond acceptors (Lipinski definition) is 10. The zero-order valence-electron chi connectivity index (χ0n) is 16.2. The van der Waals surface area contributed by atoms with Crippen LogP contribution in [-0.4, -0.2) is 22.7 Å². The molecule has 7 N–H and O–H groups in total. The van der Waals surface area contributed by atoms with Gasteiger partial charge in [0.15, 0.2) is 17.7 Å². The van der Waals surface area contributed by atoms with Crippen LogP contribution in [0.2, 0.25) is 0 Å². The molecule has 0 aliphatic carbocycles. The molecule has 0 amide bonds. The monoisotopic (exact) mass is 404 g/mol. The van der Waals surface area contributed by atoms with E-state index in [4.69, 9.17) is 21.5 Å². The number of phenols is 1. The van der Waals surface area contributed by atoms with Crippen molar-refractivity contribution in [3.05, 3.63) is 47.0 Å². The third-order valence-corrected chi connectivity index (χ3v) is 4.51. The molecule has 0 radical (unpaired) electrons. The van der Waals surface area contributed by atoms with E-state index in [0.29, 0.717) is 29.7 Å². The fourth-order valence-corrected chi connectivity index (χ4v) is 3.25. The molecule has 1 aromatic heterocycles. The number of aliphatic imine (C=N–C) groups is 1. The number of nitrogens with zero attached hydrogens (tertiary/aromatic N) is 4. The molecule has 2 aromatic rings. The van der Waals surface area contributed by atoms with Gasteiger partial charge in [-0.25, -0.2) is 9.98 Å². The minimum absolute atomic E-state index is 0.00938. The molecule has 30 heavy (non-hydrogen) atoms. The number of aromatic nitrogens is 1. The first kappa shape index (κ1) is 20.3. The van der Waals surface area contributed by atoms with Gasteiger partial charge in [-0.3, -0.25) is 5.32 Å². The maximum atomic E-state index is 10.5. The Hall–Kier alpha value is -4.44. The van der Waals surface area contributed by atoms with Crippen LogP contribution < -0.4 is 26.8 Å². The molecule has 0 fully saturated rings. The van der Waals surface area contributed by atoms with Crippen LogP contribution in [0, 0.1) is 22.8 Å². The molecule has 1 atom stereocenters. The zero-order valence-corrected chi connectivity index (χ0v) is 16.2. The van der Waals surface area contributed by atoms with Gasteiger partial charge < -0.3 is 26.6 Å². The molecule has 1 aliphatic rings. The van der Waals surface area contributed by atoms with Gasteiger partial charge in [0.25, 0.3) is 0 Å². The topological polar surface area (TPSA) is 178 Å². The van der Waals surface area contributed by atoms with Crippen LogP contribution in [-0.2, 0) is 6.42 Å². The van der Waals surface area contributed by atoms with Crippen molar-refractivity contribution in [2.75, 3.05) is 23.4 Å². The summed E-state index contributed by atoms with van der Waals surface area (Å²) in [6.45, 7) is 5.86. The average Bonchev–Trinajstić information content (AvgIpc) is 2.71. The SMILES string of the molecule is C=CCc1cc(C2N=C(NC#N)Nc3nc(N)c(C#N)c(N)c32)cc(OCC)c1O. The van der Waals surface area contributed by atoms with Gasteiger partial charge in [0.1, 0.15) is 29.3 Å². The number of ether oxygens (including phenoxy) is 1. The molecule has 10 nitrogen and oxygen atoms in total. The summed E-state index contributed by atoms with van der Waals surface area (Å²) in [5, 5.41) is 34.3. The van der Waals surface area contributed by atoms with E-state index in [9.17, 15) is 10.4 Å². The summed E-state index contributed by atoms with van der Waals surface area (Å²) in [7, 11) is 0. The van der Waals surface area contributed by atoms with Gasteiger partial charge in [0, 0.05) is 11.1 Å². The van der Waals surface area contributed by atoms with Gasteiger partial charge in [-0.2, -0.15) is 10.5 Å². The second kappa shape index (κ2) is 8.29. The molecule has 10 heteroatoms. The number of pyridine rings is 1. The number of fused-ring (bicyclic) bond motifs is 1. The lowest BCUT2D eigenvalue weighted by molar-refractivity contribution is 0.316. The van der Waals surface area contributed by atoms with E-state index in [1.165, 1.54) is 0 Å². The second-order valence-electron chi connectivity index (χ2n) is 6.35. The highest BCUT2D eigenvalue weighted by molar-refractivity contribution is 5.98. The maximum absolute atomic E-state index is 10.5. The van der Waals surface area contributed by atoms with E-state index in [1.807, 2.05) is 6.07 Å². The average molecular weight is 404 g/mol. The van der Waals surface area contributed by atoms with Crippen LogP contribution in [0.4, 0.5) is 17.3 Å². The van der Waals surface area contributed by atoms with Crippen molar-refractivity contribution in [2.45, 2.75) is 19.4 Å². The smallest absolute Gasteiger partial charge is 0.211 e. The molecule has 0 saturated heterocycles. The summed E-state index contributed by atoms with van der Waals surface area (Å²) in [4.78, 5) is 8.75. The van der Waals surface area contributed by atoms with Crippen LogP contribution in [0.3, 0.4) is 0 Å². The number of allylic oxidation sites excluding steroid dienone is 1. The molecule has 1 aromatic carbocycles. The fraction of sp³-hybridized carbons (Fsp3) is 0.200. The Labute approximate surface area is 173 Å². The summed E-state index contributed by atoms with van der Waals surface area (Å²) >= 11 is 0. The predicted octanol–water partition coefficient (Wildman–Crippen LogP) is 1.89. The van der Waals surface area contributed by atoms with E-state index >= 15 is 0 Å². The molecule has 2 heterocycles. The molecule has 1 aliphatic heterocycles. The minimum Gasteiger partial charge on any atom is -0.504 e. The number of nitrogens with one attached hydrogen (secondary N) is 2. The van der Waals surface area contributed by atoms with Crippen LogP contribution >= 0.6 is 0 Å². The van der Waals surface area contributed by atoms with E-state index < -0.39 is 6.04 Å². The summed E-state index contributed by atoms with van der Waals surface area (Å²) < 4.78 is 5.58. The van der Waals surface area contributed by atoms with Crippen LogP contribution in [0.25, 0.3) is 0 Å². The summed E-state index contributed by atoms with van der Waals surface area (Å²) in [6.07, 6.45) is 3.85. The first-order chi connectivity index (χ1) is 14.4. The van der Waals surface area contributed by atoms with Crippen molar-refractivity contribution in [1.29, 1.82) is 10.5 Å². The molecule has 0 spiro atoms. The van der Waals surface area contributed by atoms with Crippen molar-refractivity contribution < 1.29 is 9.84 Å². The minimum atomic E-state index is -0.735. The van der Waals surface area contributed by atoms with Crippen LogP contribution in [0.15, 0.2) is 29.8 Å². The number of guanidine groups is 1. The number of hydrogen-bond donors (Lipinski definition) is 5. The number of nitriles is 2. The van der Waals surface area contributed by atoms with Crippen molar-refractivity contribution in [1.82, 2.24) is 10.3 Å². The summed E-state index contributed by atoms with van der Waals surface area (Å²) in [6, 6.07) is 4.61. The first-order valence-corrected chi connectivity index (χ1v) is 9.03. The van der Waals surface area contributed by atoms with Gasteiger partial charge in [-0.05, 0) is 31.0 Å². The van der Waals surface area contributed by atoms with E-state index in [-0.39, 0.29) is 40.3 Å². The molecule has 0 bridgehead atoms. The van der Waals surface area contributed by atoms with Gasteiger partial charge in [-0.1, -0.05) is 6.08 Å².